The van der Waals surface area contributed by atoms with Crippen molar-refractivity contribution in [2.75, 3.05) is 18.8 Å². The van der Waals surface area contributed by atoms with E-state index in [1.54, 1.807) is 6.07 Å². The van der Waals surface area contributed by atoms with Gasteiger partial charge in [-0.2, -0.15) is 0 Å². The molecule has 0 spiro atoms. The molecule has 0 amide bonds. The van der Waals surface area contributed by atoms with Crippen molar-refractivity contribution in [3.63, 3.8) is 0 Å². The lowest BCUT2D eigenvalue weighted by atomic mass is 9.91. The average molecular weight is 343 g/mol. The number of phenolic OH excluding ortho intramolecular Hbond substituents is 1. The molecule has 0 heterocycles. The number of esters is 1. The first-order valence-corrected chi connectivity index (χ1v) is 8.10. The summed E-state index contributed by atoms with van der Waals surface area (Å²) in [6, 6.07) is 4.75. The number of rotatable bonds is 5. The van der Waals surface area contributed by atoms with Gasteiger partial charge >= 0.3 is 7.40 Å². The highest BCUT2D eigenvalue weighted by Crippen LogP contribution is 2.28. The number of nitrogens with zero attached hydrogens (tertiary/aromatic N) is 1. The van der Waals surface area contributed by atoms with Crippen LogP contribution >= 0.6 is 0 Å². The van der Waals surface area contributed by atoms with E-state index in [1.165, 1.54) is 18.6 Å². The van der Waals surface area contributed by atoms with E-state index < -0.39 is 5.97 Å². The van der Waals surface area contributed by atoms with Gasteiger partial charge in [-0.05, 0) is 44.5 Å². The van der Waals surface area contributed by atoms with Crippen molar-refractivity contribution in [2.45, 2.75) is 51.7 Å². The summed E-state index contributed by atoms with van der Waals surface area (Å²) in [6.45, 7) is 6.15. The Kier molecular flexibility index (Phi) is 7.65. The minimum Gasteiger partial charge on any atom is -1.00 e. The fourth-order valence-corrected chi connectivity index (χ4v) is 3.25. The number of likely N-dealkylation sites (N-methyl/N-ethyl adjacent to an activating group) is 1. The normalized spacial score (nSPS) is 20.8. The number of hydrogen-bond acceptors (Lipinski definition) is 5. The zero-order chi connectivity index (χ0) is 16.1. The molecule has 1 aliphatic carbocycles. The number of halogens is 1. The van der Waals surface area contributed by atoms with E-state index in [1.807, 2.05) is 0 Å². The first kappa shape index (κ1) is 19.6. The standard InChI is InChI=1S/C17H26N2O3.ClH/c1-3-19(4-2)14-7-5-6-8-16(14)22-17(21)13-10-9-12(18)11-15(13)20;/h9-11,14,16,20H,3-8,18H2,1-2H3;1H. The van der Waals surface area contributed by atoms with Crippen LogP contribution in [0.1, 0.15) is 51.3 Å². The van der Waals surface area contributed by atoms with Gasteiger partial charge in [0.25, 0.3) is 0 Å². The van der Waals surface area contributed by atoms with E-state index in [4.69, 9.17) is 10.5 Å². The smallest absolute Gasteiger partial charge is 1.00 e. The van der Waals surface area contributed by atoms with Gasteiger partial charge in [0.1, 0.15) is 17.4 Å². The summed E-state index contributed by atoms with van der Waals surface area (Å²) in [4.78, 5) is 14.7. The molecule has 130 valence electrons. The molecule has 23 heavy (non-hydrogen) atoms. The van der Waals surface area contributed by atoms with Crippen molar-refractivity contribution >= 4 is 11.7 Å². The van der Waals surface area contributed by atoms with E-state index >= 15 is 0 Å². The van der Waals surface area contributed by atoms with Crippen LogP contribution in [0.15, 0.2) is 18.2 Å². The third-order valence-electron chi connectivity index (χ3n) is 4.45. The second-order valence-electron chi connectivity index (χ2n) is 5.79. The number of ether oxygens (including phenoxy) is 1. The van der Waals surface area contributed by atoms with E-state index in [0.29, 0.717) is 5.69 Å². The van der Waals surface area contributed by atoms with Crippen LogP contribution < -0.4 is 18.1 Å². The van der Waals surface area contributed by atoms with Crippen LogP contribution in [0.3, 0.4) is 0 Å². The molecule has 3 N–H and O–H groups in total. The minimum atomic E-state index is -0.471. The highest BCUT2D eigenvalue weighted by Gasteiger charge is 2.32. The molecule has 1 fully saturated rings. The zero-order valence-corrected chi connectivity index (χ0v) is 14.6. The number of anilines is 1. The summed E-state index contributed by atoms with van der Waals surface area (Å²) in [6.07, 6.45) is 4.06. The molecule has 1 saturated carbocycles. The van der Waals surface area contributed by atoms with Crippen LogP contribution in [0.5, 0.6) is 5.75 Å². The summed E-state index contributed by atoms with van der Waals surface area (Å²) < 4.78 is 5.71. The fourth-order valence-electron chi connectivity index (χ4n) is 3.25. The molecule has 2 atom stereocenters. The Bertz CT molecular complexity index is 527. The van der Waals surface area contributed by atoms with Gasteiger partial charge < -0.3 is 28.0 Å². The third-order valence-corrected chi connectivity index (χ3v) is 4.45. The van der Waals surface area contributed by atoms with Crippen molar-refractivity contribution in [1.82, 2.24) is 4.90 Å². The summed E-state index contributed by atoms with van der Waals surface area (Å²) in [5.74, 6) is -0.596. The molecule has 0 bridgehead atoms. The molecule has 2 rings (SSSR count). The highest BCUT2D eigenvalue weighted by atomic mass is 35.5. The fraction of sp³-hybridized carbons (Fsp3) is 0.588. The lowest BCUT2D eigenvalue weighted by molar-refractivity contribution is -0.0157. The van der Waals surface area contributed by atoms with Crippen molar-refractivity contribution < 1.29 is 28.5 Å². The van der Waals surface area contributed by atoms with Gasteiger partial charge in [0.2, 0.25) is 0 Å². The molecule has 0 aliphatic heterocycles. The molecular formula is C17H27ClN2O3. The van der Waals surface area contributed by atoms with Gasteiger partial charge in [0, 0.05) is 17.8 Å². The van der Waals surface area contributed by atoms with Crippen LogP contribution in [0.25, 0.3) is 0 Å². The van der Waals surface area contributed by atoms with E-state index in [0.717, 1.165) is 32.4 Å². The molecule has 5 nitrogen and oxygen atoms in total. The monoisotopic (exact) mass is 342 g/mol. The van der Waals surface area contributed by atoms with Crippen LogP contribution in [-0.4, -0.2) is 41.2 Å². The van der Waals surface area contributed by atoms with Gasteiger partial charge in [-0.15, -0.1) is 0 Å². The van der Waals surface area contributed by atoms with Crippen molar-refractivity contribution in [2.24, 2.45) is 0 Å². The predicted octanol–water partition coefficient (Wildman–Crippen LogP) is -0.0993. The Morgan fingerprint density at radius 3 is 2.61 bits per heavy atom. The number of benzene rings is 1. The van der Waals surface area contributed by atoms with Crippen molar-refractivity contribution in [3.8, 4) is 5.75 Å². The van der Waals surface area contributed by atoms with Crippen molar-refractivity contribution in [3.05, 3.63) is 23.8 Å². The summed E-state index contributed by atoms with van der Waals surface area (Å²) in [5, 5.41) is 9.87. The van der Waals surface area contributed by atoms with Crippen LogP contribution in [0, 0.1) is 0 Å². The van der Waals surface area contributed by atoms with Gasteiger partial charge in [-0.3, -0.25) is 4.90 Å². The second-order valence-corrected chi connectivity index (χ2v) is 5.79. The maximum atomic E-state index is 12.3. The molecular weight excluding hydrogens is 316 g/mol. The number of carbonyl (C=O) groups excluding carboxylic acids is 1. The molecule has 1 aromatic carbocycles. The number of nitrogen functional groups attached to an aromatic ring is 1. The SMILES string of the molecule is CCN(CC)C1CCCCC1OC(=O)c1ccc(N)cc1O.[Cl-].[H+]. The number of nitrogens with two attached hydrogens (primary N) is 1. The summed E-state index contributed by atoms with van der Waals surface area (Å²) >= 11 is 0. The molecule has 0 radical (unpaired) electrons. The topological polar surface area (TPSA) is 75.8 Å². The number of phenols is 1. The van der Waals surface area contributed by atoms with Gasteiger partial charge in [-0.25, -0.2) is 4.79 Å². The zero-order valence-electron chi connectivity index (χ0n) is 14.8. The van der Waals surface area contributed by atoms with E-state index in [-0.39, 0.29) is 37.3 Å². The minimum absolute atomic E-state index is 0. The van der Waals surface area contributed by atoms with E-state index in [2.05, 4.69) is 18.7 Å². The van der Waals surface area contributed by atoms with Gasteiger partial charge in [-0.1, -0.05) is 20.3 Å². The predicted molar refractivity (Wildman–Crippen MR) is 88.0 cm³/mol. The molecule has 0 saturated heterocycles. The summed E-state index contributed by atoms with van der Waals surface area (Å²) in [7, 11) is 0. The second kappa shape index (κ2) is 8.99. The number of aromatic hydroxyl groups is 1. The van der Waals surface area contributed by atoms with E-state index in [9.17, 15) is 9.90 Å². The Morgan fingerprint density at radius 1 is 1.35 bits per heavy atom. The first-order valence-electron chi connectivity index (χ1n) is 8.10. The molecule has 6 heteroatoms. The maximum Gasteiger partial charge on any atom is 1.00 e. The van der Waals surface area contributed by atoms with Crippen molar-refractivity contribution in [1.29, 1.82) is 0 Å². The Labute approximate surface area is 145 Å². The first-order chi connectivity index (χ1) is 10.6. The third kappa shape index (κ3) is 4.75. The highest BCUT2D eigenvalue weighted by molar-refractivity contribution is 5.93. The largest absolute Gasteiger partial charge is 1.00 e. The number of carbonyl (C=O) groups is 1. The van der Waals surface area contributed by atoms with Crippen LogP contribution in [0.4, 0.5) is 5.69 Å². The number of hydrogen-bond donors (Lipinski definition) is 2. The Morgan fingerprint density at radius 2 is 2.00 bits per heavy atom. The Balaban J connectivity index is 0.00000264. The van der Waals surface area contributed by atoms with Crippen LogP contribution in [-0.2, 0) is 4.74 Å². The lowest BCUT2D eigenvalue weighted by Crippen LogP contribution is -3.00. The molecule has 1 aliphatic rings. The maximum absolute atomic E-state index is 12.3. The lowest BCUT2D eigenvalue weighted by Gasteiger charge is -2.38. The average Bonchev–Trinajstić information content (AvgIpc) is 2.50. The quantitative estimate of drug-likeness (QED) is 0.577. The molecule has 1 aromatic rings. The molecule has 2 unspecified atom stereocenters. The van der Waals surface area contributed by atoms with Gasteiger partial charge in [0.05, 0.1) is 0 Å². The van der Waals surface area contributed by atoms with Crippen LogP contribution in [0.2, 0.25) is 0 Å². The van der Waals surface area contributed by atoms with Gasteiger partial charge in [0.15, 0.2) is 0 Å². The molecule has 0 aromatic heterocycles. The summed E-state index contributed by atoms with van der Waals surface area (Å²) in [5.41, 5.74) is 6.19. The Hall–Kier alpha value is -1.46.